The van der Waals surface area contributed by atoms with E-state index in [2.05, 4.69) is 10.3 Å². The monoisotopic (exact) mass is 413 g/mol. The quantitative estimate of drug-likeness (QED) is 0.795. The Balaban J connectivity index is 0.00000243. The van der Waals surface area contributed by atoms with Crippen molar-refractivity contribution < 1.29 is 4.79 Å². The van der Waals surface area contributed by atoms with Crippen molar-refractivity contribution in [2.45, 2.75) is 31.8 Å². The Hall–Kier alpha value is -1.33. The van der Waals surface area contributed by atoms with E-state index in [1.165, 1.54) is 0 Å². The zero-order valence-electron chi connectivity index (χ0n) is 14.3. The van der Waals surface area contributed by atoms with Gasteiger partial charge in [-0.2, -0.15) is 0 Å². The van der Waals surface area contributed by atoms with Gasteiger partial charge in [0.05, 0.1) is 12.2 Å². The normalized spacial score (nSPS) is 17.1. The maximum Gasteiger partial charge on any atom is 0.254 e. The van der Waals surface area contributed by atoms with E-state index in [9.17, 15) is 4.79 Å². The molecule has 140 valence electrons. The average molecular weight is 415 g/mol. The van der Waals surface area contributed by atoms with Gasteiger partial charge in [0.25, 0.3) is 5.91 Å². The molecule has 1 aromatic heterocycles. The number of rotatable bonds is 4. The fourth-order valence-electron chi connectivity index (χ4n) is 3.19. The van der Waals surface area contributed by atoms with E-state index in [0.717, 1.165) is 38.0 Å². The number of benzene rings is 1. The van der Waals surface area contributed by atoms with Crippen LogP contribution in [0.15, 0.2) is 42.6 Å². The summed E-state index contributed by atoms with van der Waals surface area (Å²) in [6.07, 6.45) is 4.70. The average Bonchev–Trinajstić information content (AvgIpc) is 2.88. The van der Waals surface area contributed by atoms with E-state index in [1.54, 1.807) is 24.4 Å². The molecule has 0 spiro atoms. The molecule has 26 heavy (non-hydrogen) atoms. The Morgan fingerprint density at radius 2 is 1.92 bits per heavy atom. The first-order valence-corrected chi connectivity index (χ1v) is 9.27. The van der Waals surface area contributed by atoms with Gasteiger partial charge in [0, 0.05) is 27.8 Å². The van der Waals surface area contributed by atoms with Gasteiger partial charge in [-0.25, -0.2) is 0 Å². The van der Waals surface area contributed by atoms with Crippen molar-refractivity contribution in [1.82, 2.24) is 15.2 Å². The SMILES string of the molecule is Cl.O=C(c1cc(Cl)cc(Cl)c1)N(Cc1ccccn1)C1CCCNCC1. The number of amides is 1. The second-order valence-corrected chi connectivity index (χ2v) is 7.12. The van der Waals surface area contributed by atoms with Crippen LogP contribution in [0.1, 0.15) is 35.3 Å². The Kier molecular flexibility index (Phi) is 8.16. The molecule has 7 heteroatoms. The van der Waals surface area contributed by atoms with Crippen molar-refractivity contribution in [3.63, 3.8) is 0 Å². The predicted octanol–water partition coefficient (Wildman–Crippen LogP) is 4.59. The number of halogens is 3. The molecule has 1 N–H and O–H groups in total. The molecule has 1 amide bonds. The molecule has 4 nitrogen and oxygen atoms in total. The van der Waals surface area contributed by atoms with Crippen LogP contribution in [0.25, 0.3) is 0 Å². The maximum atomic E-state index is 13.2. The summed E-state index contributed by atoms with van der Waals surface area (Å²) >= 11 is 12.2. The fourth-order valence-corrected chi connectivity index (χ4v) is 3.71. The highest BCUT2D eigenvalue weighted by Crippen LogP contribution is 2.24. The molecule has 1 aromatic carbocycles. The molecular weight excluding hydrogens is 393 g/mol. The summed E-state index contributed by atoms with van der Waals surface area (Å²) in [7, 11) is 0. The van der Waals surface area contributed by atoms with Gasteiger partial charge in [0.15, 0.2) is 0 Å². The van der Waals surface area contributed by atoms with E-state index < -0.39 is 0 Å². The topological polar surface area (TPSA) is 45.2 Å². The van der Waals surface area contributed by atoms with Crippen molar-refractivity contribution in [3.05, 3.63) is 63.9 Å². The third-order valence-corrected chi connectivity index (χ3v) is 4.85. The van der Waals surface area contributed by atoms with Gasteiger partial charge in [0.2, 0.25) is 0 Å². The second-order valence-electron chi connectivity index (χ2n) is 6.25. The Bertz CT molecular complexity index is 699. The van der Waals surface area contributed by atoms with E-state index in [-0.39, 0.29) is 24.4 Å². The highest BCUT2D eigenvalue weighted by atomic mass is 35.5. The van der Waals surface area contributed by atoms with Crippen molar-refractivity contribution in [1.29, 1.82) is 0 Å². The van der Waals surface area contributed by atoms with Crippen molar-refractivity contribution in [2.75, 3.05) is 13.1 Å². The summed E-state index contributed by atoms with van der Waals surface area (Å²) in [5, 5.41) is 4.33. The van der Waals surface area contributed by atoms with Crippen LogP contribution in [-0.4, -0.2) is 34.9 Å². The number of carbonyl (C=O) groups excluding carboxylic acids is 1. The van der Waals surface area contributed by atoms with Crippen LogP contribution in [0.5, 0.6) is 0 Å². The van der Waals surface area contributed by atoms with E-state index in [1.807, 2.05) is 23.1 Å². The van der Waals surface area contributed by atoms with Crippen molar-refractivity contribution >= 4 is 41.5 Å². The van der Waals surface area contributed by atoms with Gasteiger partial charge >= 0.3 is 0 Å². The Morgan fingerprint density at radius 1 is 1.15 bits per heavy atom. The highest BCUT2D eigenvalue weighted by molar-refractivity contribution is 6.35. The van der Waals surface area contributed by atoms with Crippen molar-refractivity contribution in [3.8, 4) is 0 Å². The van der Waals surface area contributed by atoms with Gasteiger partial charge in [-0.3, -0.25) is 9.78 Å². The van der Waals surface area contributed by atoms with Crippen LogP contribution in [-0.2, 0) is 6.54 Å². The lowest BCUT2D eigenvalue weighted by atomic mass is 10.0. The first-order chi connectivity index (χ1) is 12.1. The van der Waals surface area contributed by atoms with Crippen LogP contribution >= 0.6 is 35.6 Å². The largest absolute Gasteiger partial charge is 0.330 e. The van der Waals surface area contributed by atoms with Crippen LogP contribution in [0, 0.1) is 0 Å². The van der Waals surface area contributed by atoms with Gasteiger partial charge in [-0.15, -0.1) is 12.4 Å². The summed E-state index contributed by atoms with van der Waals surface area (Å²) in [4.78, 5) is 19.5. The molecule has 2 aromatic rings. The lowest BCUT2D eigenvalue weighted by molar-refractivity contribution is 0.0642. The third kappa shape index (κ3) is 5.58. The zero-order chi connectivity index (χ0) is 17.6. The minimum atomic E-state index is -0.0537. The van der Waals surface area contributed by atoms with Crippen LogP contribution < -0.4 is 5.32 Å². The van der Waals surface area contributed by atoms with Crippen LogP contribution in [0.4, 0.5) is 0 Å². The van der Waals surface area contributed by atoms with Gasteiger partial charge < -0.3 is 10.2 Å². The summed E-state index contributed by atoms with van der Waals surface area (Å²) in [5.74, 6) is -0.0537. The van der Waals surface area contributed by atoms with Crippen LogP contribution in [0.2, 0.25) is 10.0 Å². The molecule has 3 rings (SSSR count). The number of hydrogen-bond acceptors (Lipinski definition) is 3. The van der Waals surface area contributed by atoms with Crippen molar-refractivity contribution in [2.24, 2.45) is 0 Å². The standard InChI is InChI=1S/C19H21Cl2N3O.ClH/c20-15-10-14(11-16(21)12-15)19(25)24(13-17-4-1-2-8-23-17)18-5-3-7-22-9-6-18;/h1-2,4,8,10-12,18,22H,3,5-7,9,13H2;1H. The van der Waals surface area contributed by atoms with E-state index in [0.29, 0.717) is 22.2 Å². The Morgan fingerprint density at radius 3 is 2.62 bits per heavy atom. The molecule has 1 aliphatic rings. The molecule has 1 unspecified atom stereocenters. The highest BCUT2D eigenvalue weighted by Gasteiger charge is 2.26. The zero-order valence-corrected chi connectivity index (χ0v) is 16.7. The first-order valence-electron chi connectivity index (χ1n) is 8.51. The molecule has 1 atom stereocenters. The molecule has 0 bridgehead atoms. The lowest BCUT2D eigenvalue weighted by Gasteiger charge is -2.31. The number of nitrogens with zero attached hydrogens (tertiary/aromatic N) is 2. The number of carbonyl (C=O) groups is 1. The summed E-state index contributed by atoms with van der Waals surface area (Å²) in [6.45, 7) is 2.38. The summed E-state index contributed by atoms with van der Waals surface area (Å²) < 4.78 is 0. The van der Waals surface area contributed by atoms with E-state index >= 15 is 0 Å². The second kappa shape index (κ2) is 10.1. The number of nitrogens with one attached hydrogen (secondary N) is 1. The first kappa shape index (κ1) is 21.0. The number of aromatic nitrogens is 1. The van der Waals surface area contributed by atoms with Crippen LogP contribution in [0.3, 0.4) is 0 Å². The molecule has 2 heterocycles. The fraction of sp³-hybridized carbons (Fsp3) is 0.368. The molecule has 0 radical (unpaired) electrons. The minimum Gasteiger partial charge on any atom is -0.330 e. The molecule has 1 fully saturated rings. The molecule has 0 aliphatic carbocycles. The van der Waals surface area contributed by atoms with E-state index in [4.69, 9.17) is 23.2 Å². The molecule has 1 saturated heterocycles. The molecule has 1 aliphatic heterocycles. The lowest BCUT2D eigenvalue weighted by Crippen LogP contribution is -2.40. The summed E-state index contributed by atoms with van der Waals surface area (Å²) in [6, 6.07) is 10.9. The maximum absolute atomic E-state index is 13.2. The molecular formula is C19H22Cl3N3O. The third-order valence-electron chi connectivity index (χ3n) is 4.41. The van der Waals surface area contributed by atoms with Gasteiger partial charge in [-0.1, -0.05) is 29.3 Å². The minimum absolute atomic E-state index is 0. The smallest absolute Gasteiger partial charge is 0.254 e. The summed E-state index contributed by atoms with van der Waals surface area (Å²) in [5.41, 5.74) is 1.40. The van der Waals surface area contributed by atoms with Gasteiger partial charge in [0.1, 0.15) is 0 Å². The predicted molar refractivity (Wildman–Crippen MR) is 108 cm³/mol. The van der Waals surface area contributed by atoms with Gasteiger partial charge in [-0.05, 0) is 62.7 Å². The number of hydrogen-bond donors (Lipinski definition) is 1. The number of pyridine rings is 1. The Labute approximate surface area is 170 Å². The molecule has 0 saturated carbocycles.